The summed E-state index contributed by atoms with van der Waals surface area (Å²) < 4.78 is 11.6. The largest absolute Gasteiger partial charge is 0.494 e. The van der Waals surface area contributed by atoms with Gasteiger partial charge in [-0.25, -0.2) is 0 Å². The number of ether oxygens (including phenoxy) is 1. The zero-order valence-electron chi connectivity index (χ0n) is 20.8. The van der Waals surface area contributed by atoms with Gasteiger partial charge >= 0.3 is 0 Å². The first-order chi connectivity index (χ1) is 16.4. The molecule has 0 atom stereocenters. The van der Waals surface area contributed by atoms with Gasteiger partial charge in [0.05, 0.1) is 12.9 Å². The molecule has 0 bridgehead atoms. The van der Waals surface area contributed by atoms with Crippen molar-refractivity contribution in [1.29, 1.82) is 0 Å². The fraction of sp³-hybridized carbons (Fsp3) is 0.483. The number of furan rings is 1. The van der Waals surface area contributed by atoms with Crippen LogP contribution >= 0.6 is 0 Å². The van der Waals surface area contributed by atoms with E-state index in [1.54, 1.807) is 0 Å². The summed E-state index contributed by atoms with van der Waals surface area (Å²) in [5, 5.41) is 4.19. The van der Waals surface area contributed by atoms with E-state index in [1.165, 1.54) is 5.56 Å². The smallest absolute Gasteiger partial charge is 0.224 e. The van der Waals surface area contributed by atoms with Gasteiger partial charge in [0.1, 0.15) is 11.3 Å². The minimum Gasteiger partial charge on any atom is -0.494 e. The Kier molecular flexibility index (Phi) is 7.94. The first kappa shape index (κ1) is 24.3. The van der Waals surface area contributed by atoms with E-state index in [0.29, 0.717) is 24.4 Å². The third-order valence-corrected chi connectivity index (χ3v) is 6.42. The Morgan fingerprint density at radius 1 is 1.09 bits per heavy atom. The van der Waals surface area contributed by atoms with E-state index in [1.807, 2.05) is 48.7 Å². The van der Waals surface area contributed by atoms with Gasteiger partial charge in [-0.15, -0.1) is 0 Å². The lowest BCUT2D eigenvalue weighted by molar-refractivity contribution is -0.116. The lowest BCUT2D eigenvalue weighted by Crippen LogP contribution is -2.38. The van der Waals surface area contributed by atoms with E-state index in [-0.39, 0.29) is 5.91 Å². The molecule has 0 spiro atoms. The van der Waals surface area contributed by atoms with Crippen molar-refractivity contribution in [3.63, 3.8) is 0 Å². The highest BCUT2D eigenvalue weighted by Crippen LogP contribution is 2.36. The number of nitrogens with one attached hydrogen (secondary N) is 1. The standard InChI is InChI=1S/C29H38N2O3/c1-29(2,3)21-31-16-14-22(15-17-31)26-20-34-27-13-12-23(19-25(26)27)30-28(32)11-7-8-18-33-24-9-5-4-6-10-24/h4-6,9-10,12-13,19-20,22H,7-8,11,14-18,21H2,1-3H3,(H,30,32). The average Bonchev–Trinajstić information content (AvgIpc) is 3.22. The van der Waals surface area contributed by atoms with Gasteiger partial charge in [-0.05, 0) is 80.4 Å². The number of rotatable bonds is 9. The molecule has 2 aromatic carbocycles. The fourth-order valence-corrected chi connectivity index (χ4v) is 4.83. The number of unbranched alkanes of at least 4 members (excludes halogenated alkanes) is 1. The predicted molar refractivity (Wildman–Crippen MR) is 139 cm³/mol. The maximum atomic E-state index is 12.5. The van der Waals surface area contributed by atoms with Crippen LogP contribution in [0.3, 0.4) is 0 Å². The Balaban J connectivity index is 1.27. The summed E-state index contributed by atoms with van der Waals surface area (Å²) in [7, 11) is 0. The van der Waals surface area contributed by atoms with E-state index in [9.17, 15) is 4.79 Å². The molecular weight excluding hydrogens is 424 g/mol. The fourth-order valence-electron chi connectivity index (χ4n) is 4.83. The van der Waals surface area contributed by atoms with Crippen LogP contribution in [0.1, 0.15) is 64.4 Å². The third-order valence-electron chi connectivity index (χ3n) is 6.42. The van der Waals surface area contributed by atoms with Gasteiger partial charge in [0.15, 0.2) is 0 Å². The predicted octanol–water partition coefficient (Wildman–Crippen LogP) is 6.85. The number of hydrogen-bond donors (Lipinski definition) is 1. The normalized spacial score (nSPS) is 15.5. The highest BCUT2D eigenvalue weighted by Gasteiger charge is 2.26. The van der Waals surface area contributed by atoms with Crippen molar-refractivity contribution in [2.24, 2.45) is 5.41 Å². The number of fused-ring (bicyclic) bond motifs is 1. The molecule has 182 valence electrons. The molecule has 1 amide bonds. The molecule has 1 fully saturated rings. The zero-order valence-corrected chi connectivity index (χ0v) is 20.8. The number of benzene rings is 2. The van der Waals surface area contributed by atoms with Gasteiger partial charge in [0.2, 0.25) is 5.91 Å². The minimum absolute atomic E-state index is 0.0413. The number of para-hydroxylation sites is 1. The molecule has 2 heterocycles. The van der Waals surface area contributed by atoms with Gasteiger partial charge in [-0.3, -0.25) is 4.79 Å². The second-order valence-electron chi connectivity index (χ2n) is 10.7. The van der Waals surface area contributed by atoms with Gasteiger partial charge in [0, 0.05) is 29.6 Å². The van der Waals surface area contributed by atoms with Crippen molar-refractivity contribution in [3.05, 3.63) is 60.4 Å². The van der Waals surface area contributed by atoms with Gasteiger partial charge in [-0.2, -0.15) is 0 Å². The quantitative estimate of drug-likeness (QED) is 0.354. The number of nitrogens with zero attached hydrogens (tertiary/aromatic N) is 1. The third kappa shape index (κ3) is 6.86. The van der Waals surface area contributed by atoms with Crippen molar-refractivity contribution in [3.8, 4) is 5.75 Å². The Morgan fingerprint density at radius 3 is 2.59 bits per heavy atom. The summed E-state index contributed by atoms with van der Waals surface area (Å²) in [6, 6.07) is 15.8. The monoisotopic (exact) mass is 462 g/mol. The maximum absolute atomic E-state index is 12.5. The Labute approximate surface area is 203 Å². The Hall–Kier alpha value is -2.79. The van der Waals surface area contributed by atoms with E-state index in [4.69, 9.17) is 9.15 Å². The lowest BCUT2D eigenvalue weighted by atomic mass is 9.87. The number of anilines is 1. The average molecular weight is 463 g/mol. The summed E-state index contributed by atoms with van der Waals surface area (Å²) in [6.07, 6.45) is 6.35. The minimum atomic E-state index is 0.0413. The zero-order chi connectivity index (χ0) is 24.0. The Morgan fingerprint density at radius 2 is 1.85 bits per heavy atom. The number of hydrogen-bond acceptors (Lipinski definition) is 4. The van der Waals surface area contributed by atoms with Gasteiger partial charge in [-0.1, -0.05) is 39.0 Å². The number of piperidine rings is 1. The number of amides is 1. The molecule has 0 unspecified atom stereocenters. The first-order valence-corrected chi connectivity index (χ1v) is 12.6. The molecule has 0 aliphatic carbocycles. The molecule has 1 saturated heterocycles. The number of likely N-dealkylation sites (tertiary alicyclic amines) is 1. The molecule has 1 aromatic heterocycles. The molecule has 1 aliphatic rings. The molecule has 5 nitrogen and oxygen atoms in total. The summed E-state index contributed by atoms with van der Waals surface area (Å²) in [5.41, 5.74) is 3.34. The van der Waals surface area contributed by atoms with Crippen LogP contribution in [0, 0.1) is 5.41 Å². The van der Waals surface area contributed by atoms with E-state index >= 15 is 0 Å². The van der Waals surface area contributed by atoms with E-state index in [0.717, 1.165) is 67.7 Å². The molecule has 34 heavy (non-hydrogen) atoms. The van der Waals surface area contributed by atoms with Crippen molar-refractivity contribution in [2.45, 2.75) is 58.8 Å². The molecule has 1 aliphatic heterocycles. The van der Waals surface area contributed by atoms with Crippen LogP contribution in [-0.4, -0.2) is 37.0 Å². The summed E-state index contributed by atoms with van der Waals surface area (Å²) in [4.78, 5) is 15.1. The summed E-state index contributed by atoms with van der Waals surface area (Å²) in [6.45, 7) is 10.9. The highest BCUT2D eigenvalue weighted by molar-refractivity contribution is 5.94. The molecule has 1 N–H and O–H groups in total. The van der Waals surface area contributed by atoms with Crippen LogP contribution in [-0.2, 0) is 4.79 Å². The highest BCUT2D eigenvalue weighted by atomic mass is 16.5. The second-order valence-corrected chi connectivity index (χ2v) is 10.7. The van der Waals surface area contributed by atoms with Crippen LogP contribution in [0.4, 0.5) is 5.69 Å². The van der Waals surface area contributed by atoms with Crippen molar-refractivity contribution >= 4 is 22.6 Å². The molecule has 4 rings (SSSR count). The maximum Gasteiger partial charge on any atom is 0.224 e. The number of carbonyl (C=O) groups excluding carboxylic acids is 1. The second kappa shape index (κ2) is 11.1. The topological polar surface area (TPSA) is 54.7 Å². The van der Waals surface area contributed by atoms with E-state index in [2.05, 4.69) is 37.1 Å². The lowest BCUT2D eigenvalue weighted by Gasteiger charge is -2.35. The summed E-state index contributed by atoms with van der Waals surface area (Å²) >= 11 is 0. The summed E-state index contributed by atoms with van der Waals surface area (Å²) in [5.74, 6) is 1.42. The Bertz CT molecular complexity index is 1060. The first-order valence-electron chi connectivity index (χ1n) is 12.6. The van der Waals surface area contributed by atoms with E-state index < -0.39 is 0 Å². The molecular formula is C29H38N2O3. The molecule has 3 aromatic rings. The van der Waals surface area contributed by atoms with Crippen molar-refractivity contribution < 1.29 is 13.9 Å². The van der Waals surface area contributed by atoms with Crippen LogP contribution in [0.2, 0.25) is 0 Å². The van der Waals surface area contributed by atoms with Crippen molar-refractivity contribution in [1.82, 2.24) is 4.90 Å². The van der Waals surface area contributed by atoms with Gasteiger partial charge < -0.3 is 19.4 Å². The molecule has 5 heteroatoms. The van der Waals surface area contributed by atoms with Crippen LogP contribution < -0.4 is 10.1 Å². The van der Waals surface area contributed by atoms with Crippen LogP contribution in [0.15, 0.2) is 59.2 Å². The van der Waals surface area contributed by atoms with Crippen molar-refractivity contribution in [2.75, 3.05) is 31.6 Å². The molecule has 0 saturated carbocycles. The van der Waals surface area contributed by atoms with Gasteiger partial charge in [0.25, 0.3) is 0 Å². The SMILES string of the molecule is CC(C)(C)CN1CCC(c2coc3ccc(NC(=O)CCCCOc4ccccc4)cc23)CC1. The van der Waals surface area contributed by atoms with Crippen LogP contribution in [0.5, 0.6) is 5.75 Å². The van der Waals surface area contributed by atoms with Crippen LogP contribution in [0.25, 0.3) is 11.0 Å². The number of carbonyl (C=O) groups is 1. The molecule has 0 radical (unpaired) electrons.